The van der Waals surface area contributed by atoms with Crippen LogP contribution in [-0.4, -0.2) is 47.1 Å². The van der Waals surface area contributed by atoms with E-state index in [-0.39, 0.29) is 5.56 Å². The molecule has 1 aromatic heterocycles. The van der Waals surface area contributed by atoms with Gasteiger partial charge in [0, 0.05) is 29.5 Å². The van der Waals surface area contributed by atoms with Crippen molar-refractivity contribution in [1.82, 2.24) is 10.3 Å². The number of nitrogens with zero attached hydrogens (tertiary/aromatic N) is 1. The number of rotatable bonds is 9. The summed E-state index contributed by atoms with van der Waals surface area (Å²) in [4.78, 5) is 39.7. The van der Waals surface area contributed by atoms with Gasteiger partial charge in [0.15, 0.2) is 12.2 Å². The van der Waals surface area contributed by atoms with E-state index >= 15 is 0 Å². The second-order valence-electron chi connectivity index (χ2n) is 8.13. The Bertz CT molecular complexity index is 1160. The van der Waals surface area contributed by atoms with Gasteiger partial charge in [0.25, 0.3) is 0 Å². The monoisotopic (exact) mass is 466 g/mol. The molecule has 10 nitrogen and oxygen atoms in total. The molecule has 0 radical (unpaired) electrons. The maximum Gasteiger partial charge on any atom is 0.335 e. The number of oxazole rings is 1. The maximum atomic E-state index is 12.5. The predicted octanol–water partition coefficient (Wildman–Crippen LogP) is 3.38. The van der Waals surface area contributed by atoms with Gasteiger partial charge in [0.1, 0.15) is 5.75 Å². The number of carbonyl (C=O) groups excluding carboxylic acids is 2. The molecule has 3 rings (SSSR count). The molecule has 0 spiro atoms. The molecule has 0 bridgehead atoms. The van der Waals surface area contributed by atoms with Crippen LogP contribution in [0.1, 0.15) is 30.6 Å². The van der Waals surface area contributed by atoms with Crippen LogP contribution >= 0.6 is 0 Å². The van der Waals surface area contributed by atoms with Gasteiger partial charge in [0.05, 0.1) is 24.4 Å². The fraction of sp³-hybridized carbons (Fsp3) is 0.250. The third-order valence-electron chi connectivity index (χ3n) is 5.03. The Labute approximate surface area is 196 Å². The topological polar surface area (TPSA) is 143 Å². The average Bonchev–Trinajstić information content (AvgIpc) is 3.33. The van der Waals surface area contributed by atoms with Gasteiger partial charge in [-0.25, -0.2) is 9.78 Å². The van der Waals surface area contributed by atoms with Crippen molar-refractivity contribution in [2.75, 3.05) is 24.3 Å². The fourth-order valence-electron chi connectivity index (χ4n) is 3.19. The lowest BCUT2D eigenvalue weighted by molar-refractivity contribution is -0.137. The summed E-state index contributed by atoms with van der Waals surface area (Å²) in [5.41, 5.74) is 1.34. The Hall–Kier alpha value is -4.34. The molecular formula is C24H26N4O6. The zero-order valence-corrected chi connectivity index (χ0v) is 19.0. The van der Waals surface area contributed by atoms with Gasteiger partial charge in [-0.1, -0.05) is 0 Å². The summed E-state index contributed by atoms with van der Waals surface area (Å²) < 4.78 is 10.6. The van der Waals surface area contributed by atoms with Gasteiger partial charge in [-0.05, 0) is 56.7 Å². The Balaban J connectivity index is 1.52. The van der Waals surface area contributed by atoms with Crippen molar-refractivity contribution in [3.8, 4) is 17.1 Å². The van der Waals surface area contributed by atoms with Crippen LogP contribution in [0.4, 0.5) is 11.4 Å². The second kappa shape index (κ2) is 10.5. The summed E-state index contributed by atoms with van der Waals surface area (Å²) in [6.45, 7) is 4.12. The molecule has 0 fully saturated rings. The lowest BCUT2D eigenvalue weighted by Crippen LogP contribution is -2.48. The number of carboxylic acids is 1. The number of anilines is 2. The van der Waals surface area contributed by atoms with E-state index < -0.39 is 23.3 Å². The van der Waals surface area contributed by atoms with Gasteiger partial charge in [-0.15, -0.1) is 0 Å². The van der Waals surface area contributed by atoms with Crippen LogP contribution in [0.2, 0.25) is 0 Å². The molecule has 0 saturated heterocycles. The minimum absolute atomic E-state index is 0.203. The first-order chi connectivity index (χ1) is 16.2. The lowest BCUT2D eigenvalue weighted by Gasteiger charge is -2.26. The largest absolute Gasteiger partial charge is 0.496 e. The molecule has 0 aliphatic rings. The fourth-order valence-corrected chi connectivity index (χ4v) is 3.19. The van der Waals surface area contributed by atoms with Gasteiger partial charge in [-0.3, -0.25) is 9.59 Å². The standard InChI is InChI=1S/C24H26N4O6/c1-24(2,10-11-26-16-6-4-15(5-7-16)23(31)32)28-22(30)21(29)27-17-8-9-18(19(12-17)33-3)20-13-25-14-34-20/h4-9,12-14,26H,10-11H2,1-3H3,(H,27,29)(H,28,30)(H,31,32). The highest BCUT2D eigenvalue weighted by molar-refractivity contribution is 6.39. The van der Waals surface area contributed by atoms with Crippen LogP contribution in [0.15, 0.2) is 59.5 Å². The Kier molecular flexibility index (Phi) is 7.52. The van der Waals surface area contributed by atoms with Crippen LogP contribution in [0.5, 0.6) is 5.75 Å². The van der Waals surface area contributed by atoms with E-state index in [1.807, 2.05) is 13.8 Å². The smallest absolute Gasteiger partial charge is 0.335 e. The van der Waals surface area contributed by atoms with Crippen molar-refractivity contribution in [3.05, 3.63) is 60.6 Å². The van der Waals surface area contributed by atoms with Crippen molar-refractivity contribution >= 4 is 29.2 Å². The van der Waals surface area contributed by atoms with Crippen LogP contribution < -0.4 is 20.7 Å². The highest BCUT2D eigenvalue weighted by Crippen LogP contribution is 2.32. The molecule has 0 saturated carbocycles. The third kappa shape index (κ3) is 6.35. The molecule has 34 heavy (non-hydrogen) atoms. The van der Waals surface area contributed by atoms with E-state index in [0.717, 1.165) is 5.69 Å². The van der Waals surface area contributed by atoms with E-state index in [4.69, 9.17) is 14.3 Å². The van der Waals surface area contributed by atoms with Crippen LogP contribution in [0.25, 0.3) is 11.3 Å². The first-order valence-corrected chi connectivity index (χ1v) is 10.5. The zero-order chi connectivity index (χ0) is 24.7. The first kappa shape index (κ1) is 24.3. The molecule has 0 atom stereocenters. The number of carbonyl (C=O) groups is 3. The molecule has 178 valence electrons. The van der Waals surface area contributed by atoms with Crippen LogP contribution in [0, 0.1) is 0 Å². The summed E-state index contributed by atoms with van der Waals surface area (Å²) in [6.07, 6.45) is 3.37. The Morgan fingerprint density at radius 1 is 1.06 bits per heavy atom. The van der Waals surface area contributed by atoms with Gasteiger partial charge < -0.3 is 30.2 Å². The number of hydrogen-bond donors (Lipinski definition) is 4. The molecule has 10 heteroatoms. The molecule has 0 unspecified atom stereocenters. The van der Waals surface area contributed by atoms with Crippen LogP contribution in [0.3, 0.4) is 0 Å². The van der Waals surface area contributed by atoms with Crippen molar-refractivity contribution < 1.29 is 28.6 Å². The summed E-state index contributed by atoms with van der Waals surface area (Å²) in [5.74, 6) is -1.59. The number of nitrogens with one attached hydrogen (secondary N) is 3. The minimum atomic E-state index is -0.988. The van der Waals surface area contributed by atoms with E-state index in [9.17, 15) is 14.4 Å². The average molecular weight is 466 g/mol. The molecule has 2 aromatic carbocycles. The van der Waals surface area contributed by atoms with E-state index in [1.54, 1.807) is 36.5 Å². The molecule has 1 heterocycles. The number of ether oxygens (including phenoxy) is 1. The van der Waals surface area contributed by atoms with E-state index in [1.165, 1.54) is 25.6 Å². The molecule has 4 N–H and O–H groups in total. The number of benzene rings is 2. The molecule has 0 aliphatic heterocycles. The summed E-state index contributed by atoms with van der Waals surface area (Å²) in [5, 5.41) is 17.4. The minimum Gasteiger partial charge on any atom is -0.496 e. The van der Waals surface area contributed by atoms with Crippen molar-refractivity contribution in [2.24, 2.45) is 0 Å². The van der Waals surface area contributed by atoms with Crippen molar-refractivity contribution in [1.29, 1.82) is 0 Å². The summed E-state index contributed by atoms with van der Waals surface area (Å²) >= 11 is 0. The normalized spacial score (nSPS) is 10.9. The number of aromatic carboxylic acids is 1. The Morgan fingerprint density at radius 2 is 1.76 bits per heavy atom. The lowest BCUT2D eigenvalue weighted by atomic mass is 10.0. The number of aromatic nitrogens is 1. The summed E-state index contributed by atoms with van der Waals surface area (Å²) in [6, 6.07) is 11.3. The highest BCUT2D eigenvalue weighted by atomic mass is 16.5. The highest BCUT2D eigenvalue weighted by Gasteiger charge is 2.24. The second-order valence-corrected chi connectivity index (χ2v) is 8.13. The number of amides is 2. The number of hydrogen-bond acceptors (Lipinski definition) is 7. The third-order valence-corrected chi connectivity index (χ3v) is 5.03. The maximum absolute atomic E-state index is 12.5. The van der Waals surface area contributed by atoms with E-state index in [0.29, 0.717) is 35.7 Å². The first-order valence-electron chi connectivity index (χ1n) is 10.5. The molecule has 3 aromatic rings. The van der Waals surface area contributed by atoms with Gasteiger partial charge >= 0.3 is 17.8 Å². The van der Waals surface area contributed by atoms with Gasteiger partial charge in [-0.2, -0.15) is 0 Å². The SMILES string of the molecule is COc1cc(NC(=O)C(=O)NC(C)(C)CCNc2ccc(C(=O)O)cc2)ccc1-c1cnco1. The van der Waals surface area contributed by atoms with Crippen molar-refractivity contribution in [3.63, 3.8) is 0 Å². The number of carboxylic acid groups (broad SMARTS) is 1. The number of methoxy groups -OCH3 is 1. The quantitative estimate of drug-likeness (QED) is 0.352. The molecular weight excluding hydrogens is 440 g/mol. The van der Waals surface area contributed by atoms with Crippen LogP contribution in [-0.2, 0) is 9.59 Å². The van der Waals surface area contributed by atoms with Gasteiger partial charge in [0.2, 0.25) is 0 Å². The summed E-state index contributed by atoms with van der Waals surface area (Å²) in [7, 11) is 1.49. The molecule has 2 amide bonds. The zero-order valence-electron chi connectivity index (χ0n) is 19.0. The Morgan fingerprint density at radius 3 is 2.38 bits per heavy atom. The van der Waals surface area contributed by atoms with E-state index in [2.05, 4.69) is 20.9 Å². The predicted molar refractivity (Wildman–Crippen MR) is 126 cm³/mol. The van der Waals surface area contributed by atoms with Crippen molar-refractivity contribution in [2.45, 2.75) is 25.8 Å². The molecule has 0 aliphatic carbocycles.